The van der Waals surface area contributed by atoms with Crippen LogP contribution in [0.2, 0.25) is 0 Å². The third-order valence-electron chi connectivity index (χ3n) is 2.71. The summed E-state index contributed by atoms with van der Waals surface area (Å²) in [6.07, 6.45) is 0.705. The molecule has 1 aliphatic rings. The molecule has 0 saturated heterocycles. The second kappa shape index (κ2) is 4.52. The van der Waals surface area contributed by atoms with Gasteiger partial charge in [0.1, 0.15) is 5.60 Å². The van der Waals surface area contributed by atoms with Crippen LogP contribution < -0.4 is 16.6 Å². The number of alkyl carbamates (subject to hydrolysis) is 1. The first-order valence-electron chi connectivity index (χ1n) is 5.67. The molecule has 6 heteroatoms. The normalized spacial score (nSPS) is 27.9. The molecule has 6 nitrogen and oxygen atoms in total. The van der Waals surface area contributed by atoms with Gasteiger partial charge in [0.25, 0.3) is 0 Å². The number of ether oxygens (including phenoxy) is 1. The van der Waals surface area contributed by atoms with E-state index in [0.29, 0.717) is 12.8 Å². The lowest BCUT2D eigenvalue weighted by molar-refractivity contribution is -0.130. The molecule has 1 rings (SSSR count). The van der Waals surface area contributed by atoms with Crippen molar-refractivity contribution in [2.24, 2.45) is 11.8 Å². The maximum atomic E-state index is 11.6. The Hall–Kier alpha value is -1.30. The highest BCUT2D eigenvalue weighted by atomic mass is 16.6. The molecular formula is C11H21N3O3. The van der Waals surface area contributed by atoms with E-state index in [9.17, 15) is 9.59 Å². The summed E-state index contributed by atoms with van der Waals surface area (Å²) in [4.78, 5) is 22.8. The maximum Gasteiger partial charge on any atom is 0.408 e. The van der Waals surface area contributed by atoms with E-state index in [1.165, 1.54) is 0 Å². The van der Waals surface area contributed by atoms with Crippen LogP contribution in [-0.2, 0) is 9.53 Å². The molecule has 0 spiro atoms. The number of hydrazine groups is 1. The first-order valence-corrected chi connectivity index (χ1v) is 5.67. The lowest BCUT2D eigenvalue weighted by atomic mass is 9.69. The van der Waals surface area contributed by atoms with Gasteiger partial charge < -0.3 is 10.1 Å². The van der Waals surface area contributed by atoms with Gasteiger partial charge in [0, 0.05) is 11.5 Å². The second-order valence-electron chi connectivity index (χ2n) is 5.80. The van der Waals surface area contributed by atoms with Gasteiger partial charge in [-0.3, -0.25) is 10.2 Å². The average Bonchev–Trinajstić information content (AvgIpc) is 2.09. The lowest BCUT2D eigenvalue weighted by Gasteiger charge is -2.44. The van der Waals surface area contributed by atoms with Gasteiger partial charge in [-0.2, -0.15) is 0 Å². The van der Waals surface area contributed by atoms with Gasteiger partial charge >= 0.3 is 6.09 Å². The molecule has 1 fully saturated rings. The van der Waals surface area contributed by atoms with Crippen molar-refractivity contribution < 1.29 is 14.3 Å². The highest BCUT2D eigenvalue weighted by Crippen LogP contribution is 2.37. The third-order valence-corrected chi connectivity index (χ3v) is 2.71. The zero-order chi connectivity index (χ0) is 13.3. The summed E-state index contributed by atoms with van der Waals surface area (Å²) in [5.41, 5.74) is 1.22. The first kappa shape index (κ1) is 13.8. The van der Waals surface area contributed by atoms with Crippen LogP contribution in [0, 0.1) is 5.92 Å². The van der Waals surface area contributed by atoms with Crippen molar-refractivity contribution in [3.63, 3.8) is 0 Å². The van der Waals surface area contributed by atoms with Crippen LogP contribution in [0.25, 0.3) is 0 Å². The number of nitrogens with one attached hydrogen (secondary N) is 2. The Morgan fingerprint density at radius 3 is 2.29 bits per heavy atom. The van der Waals surface area contributed by atoms with Crippen molar-refractivity contribution in [1.29, 1.82) is 0 Å². The van der Waals surface area contributed by atoms with Gasteiger partial charge in [-0.25, -0.2) is 10.6 Å². The number of carbonyl (C=O) groups is 2. The number of amides is 2. The minimum absolute atomic E-state index is 0.125. The predicted molar refractivity (Wildman–Crippen MR) is 62.8 cm³/mol. The van der Waals surface area contributed by atoms with Crippen LogP contribution in [0.4, 0.5) is 4.79 Å². The minimum atomic E-state index is -0.516. The number of nitrogens with two attached hydrogens (primary N) is 1. The molecule has 1 aliphatic carbocycles. The smallest absolute Gasteiger partial charge is 0.408 e. The fourth-order valence-corrected chi connectivity index (χ4v) is 1.98. The summed E-state index contributed by atoms with van der Waals surface area (Å²) in [6, 6.07) is 0. The Bertz CT molecular complexity index is 316. The molecular weight excluding hydrogens is 222 g/mol. The van der Waals surface area contributed by atoms with E-state index in [1.807, 2.05) is 6.92 Å². The number of hydrogen-bond donors (Lipinski definition) is 3. The van der Waals surface area contributed by atoms with Crippen molar-refractivity contribution in [3.8, 4) is 0 Å². The van der Waals surface area contributed by atoms with Crippen LogP contribution in [0.1, 0.15) is 40.5 Å². The number of rotatable bonds is 2. The molecule has 0 heterocycles. The number of hydrogen-bond acceptors (Lipinski definition) is 4. The molecule has 0 aliphatic heterocycles. The van der Waals surface area contributed by atoms with Gasteiger partial charge in [-0.05, 0) is 40.5 Å². The van der Waals surface area contributed by atoms with Gasteiger partial charge in [-0.15, -0.1) is 0 Å². The molecule has 98 valence electrons. The SMILES string of the molecule is CC1(NC(=O)OC(C)(C)C)CC(C(=O)NN)C1. The Morgan fingerprint density at radius 2 is 1.88 bits per heavy atom. The molecule has 0 unspecified atom stereocenters. The number of carbonyl (C=O) groups excluding carboxylic acids is 2. The van der Waals surface area contributed by atoms with E-state index in [1.54, 1.807) is 20.8 Å². The molecule has 17 heavy (non-hydrogen) atoms. The van der Waals surface area contributed by atoms with Crippen molar-refractivity contribution >= 4 is 12.0 Å². The molecule has 0 radical (unpaired) electrons. The van der Waals surface area contributed by atoms with Crippen LogP contribution in [0.3, 0.4) is 0 Å². The fourth-order valence-electron chi connectivity index (χ4n) is 1.98. The van der Waals surface area contributed by atoms with Crippen molar-refractivity contribution in [3.05, 3.63) is 0 Å². The van der Waals surface area contributed by atoms with Crippen LogP contribution in [0.5, 0.6) is 0 Å². The molecule has 2 amide bonds. The Labute approximate surface area is 101 Å². The lowest BCUT2D eigenvalue weighted by Crippen LogP contribution is -2.59. The van der Waals surface area contributed by atoms with Crippen LogP contribution >= 0.6 is 0 Å². The minimum Gasteiger partial charge on any atom is -0.444 e. The Morgan fingerprint density at radius 1 is 1.35 bits per heavy atom. The van der Waals surface area contributed by atoms with Crippen molar-refractivity contribution in [2.45, 2.75) is 51.7 Å². The van der Waals surface area contributed by atoms with Gasteiger partial charge in [0.05, 0.1) is 0 Å². The summed E-state index contributed by atoms with van der Waals surface area (Å²) < 4.78 is 5.16. The molecule has 0 bridgehead atoms. The highest BCUT2D eigenvalue weighted by Gasteiger charge is 2.45. The Kier molecular flexibility index (Phi) is 3.66. The largest absolute Gasteiger partial charge is 0.444 e. The molecule has 0 aromatic heterocycles. The quantitative estimate of drug-likeness (QED) is 0.377. The van der Waals surface area contributed by atoms with E-state index < -0.39 is 11.7 Å². The summed E-state index contributed by atoms with van der Waals surface area (Å²) in [7, 11) is 0. The van der Waals surface area contributed by atoms with Gasteiger partial charge in [0.2, 0.25) is 5.91 Å². The highest BCUT2D eigenvalue weighted by molar-refractivity contribution is 5.80. The molecule has 1 saturated carbocycles. The summed E-state index contributed by atoms with van der Waals surface area (Å²) >= 11 is 0. The first-order chi connectivity index (χ1) is 7.65. The second-order valence-corrected chi connectivity index (χ2v) is 5.80. The topological polar surface area (TPSA) is 93.4 Å². The van der Waals surface area contributed by atoms with E-state index in [0.717, 1.165) is 0 Å². The third kappa shape index (κ3) is 3.89. The standard InChI is InChI=1S/C11H21N3O3/c1-10(2,3)17-9(16)13-11(4)5-7(6-11)8(15)14-12/h7H,5-6,12H2,1-4H3,(H,13,16)(H,14,15). The fraction of sp³-hybridized carbons (Fsp3) is 0.818. The summed E-state index contributed by atoms with van der Waals surface area (Å²) in [5.74, 6) is 4.73. The van der Waals surface area contributed by atoms with Crippen molar-refractivity contribution in [1.82, 2.24) is 10.7 Å². The molecule has 0 atom stereocenters. The maximum absolute atomic E-state index is 11.6. The zero-order valence-electron chi connectivity index (χ0n) is 10.8. The van der Waals surface area contributed by atoms with Crippen LogP contribution in [0.15, 0.2) is 0 Å². The molecule has 0 aromatic carbocycles. The van der Waals surface area contributed by atoms with Crippen molar-refractivity contribution in [2.75, 3.05) is 0 Å². The molecule has 4 N–H and O–H groups in total. The molecule has 0 aromatic rings. The van der Waals surface area contributed by atoms with E-state index in [-0.39, 0.29) is 17.4 Å². The Balaban J connectivity index is 2.39. The van der Waals surface area contributed by atoms with Gasteiger partial charge in [-0.1, -0.05) is 0 Å². The summed E-state index contributed by atoms with van der Waals surface area (Å²) in [6.45, 7) is 7.30. The van der Waals surface area contributed by atoms with Crippen LogP contribution in [-0.4, -0.2) is 23.1 Å². The van der Waals surface area contributed by atoms with E-state index in [4.69, 9.17) is 10.6 Å². The average molecular weight is 243 g/mol. The zero-order valence-corrected chi connectivity index (χ0v) is 10.8. The van der Waals surface area contributed by atoms with E-state index >= 15 is 0 Å². The summed E-state index contributed by atoms with van der Waals surface area (Å²) in [5, 5.41) is 2.78. The monoisotopic (exact) mass is 243 g/mol. The van der Waals surface area contributed by atoms with E-state index in [2.05, 4.69) is 10.7 Å². The van der Waals surface area contributed by atoms with Gasteiger partial charge in [0.15, 0.2) is 0 Å². The predicted octanol–water partition coefficient (Wildman–Crippen LogP) is 0.670.